The zero-order chi connectivity index (χ0) is 22.1. The van der Waals surface area contributed by atoms with E-state index in [1.54, 1.807) is 48.5 Å². The van der Waals surface area contributed by atoms with E-state index in [4.69, 9.17) is 14.7 Å². The summed E-state index contributed by atoms with van der Waals surface area (Å²) in [6, 6.07) is 23.5. The number of rotatable bonds is 7. The first kappa shape index (κ1) is 21.9. The number of hydrogen-bond acceptors (Lipinski definition) is 5. The van der Waals surface area contributed by atoms with Crippen molar-refractivity contribution in [3.05, 3.63) is 82.8 Å². The molecule has 3 aromatic rings. The monoisotopic (exact) mass is 479 g/mol. The number of carbonyl (C=O) groups excluding carboxylic acids is 2. The number of ether oxygens (including phenoxy) is 2. The predicted molar refractivity (Wildman–Crippen MR) is 118 cm³/mol. The molecule has 0 aliphatic rings. The Kier molecular flexibility index (Phi) is 7.62. The Morgan fingerprint density at radius 2 is 1.16 bits per heavy atom. The van der Waals surface area contributed by atoms with Crippen molar-refractivity contribution in [1.82, 2.24) is 10.9 Å². The molecule has 0 bridgehead atoms. The van der Waals surface area contributed by atoms with Crippen LogP contribution in [0.3, 0.4) is 0 Å². The molecule has 8 heteroatoms. The van der Waals surface area contributed by atoms with Gasteiger partial charge in [-0.1, -0.05) is 40.2 Å². The van der Waals surface area contributed by atoms with Gasteiger partial charge in [-0.25, -0.2) is 0 Å². The third-order valence-electron chi connectivity index (χ3n) is 4.10. The van der Waals surface area contributed by atoms with Crippen molar-refractivity contribution in [2.45, 2.75) is 0 Å². The molecule has 0 spiro atoms. The summed E-state index contributed by atoms with van der Waals surface area (Å²) in [5.41, 5.74) is 7.06. The van der Waals surface area contributed by atoms with Crippen molar-refractivity contribution in [3.8, 4) is 28.7 Å². The van der Waals surface area contributed by atoms with E-state index in [1.807, 2.05) is 24.3 Å². The molecule has 0 saturated heterocycles. The Balaban J connectivity index is 1.39. The molecule has 0 unspecified atom stereocenters. The van der Waals surface area contributed by atoms with Crippen LogP contribution in [0.25, 0.3) is 11.1 Å². The number of nitrogens with one attached hydrogen (secondary N) is 2. The second-order valence-electron chi connectivity index (χ2n) is 6.34. The first-order valence-corrected chi connectivity index (χ1v) is 10.0. The van der Waals surface area contributed by atoms with E-state index in [1.165, 1.54) is 0 Å². The molecule has 0 radical (unpaired) electrons. The molecular formula is C23H18BrN3O4. The minimum atomic E-state index is -0.506. The minimum absolute atomic E-state index is 0.237. The molecule has 0 atom stereocenters. The fourth-order valence-electron chi connectivity index (χ4n) is 2.52. The van der Waals surface area contributed by atoms with Crippen LogP contribution in [0.4, 0.5) is 0 Å². The summed E-state index contributed by atoms with van der Waals surface area (Å²) in [4.78, 5) is 23.6. The summed E-state index contributed by atoms with van der Waals surface area (Å²) in [6.45, 7) is -0.496. The standard InChI is InChI=1S/C23H18BrN3O4/c24-19-7-11-21(12-8-19)31-15-23(29)27-26-22(28)14-30-20-9-5-18(6-10-20)17-3-1-16(13-25)2-4-17/h1-12H,14-15H2,(H,26,28)(H,27,29). The third-order valence-corrected chi connectivity index (χ3v) is 4.63. The van der Waals surface area contributed by atoms with Crippen LogP contribution in [-0.2, 0) is 9.59 Å². The van der Waals surface area contributed by atoms with Gasteiger partial charge in [0.2, 0.25) is 0 Å². The maximum atomic E-state index is 11.9. The second kappa shape index (κ2) is 10.8. The first-order chi connectivity index (χ1) is 15.0. The fourth-order valence-corrected chi connectivity index (χ4v) is 2.79. The Bertz CT molecular complexity index is 1080. The number of nitrogens with zero attached hydrogens (tertiary/aromatic N) is 1. The van der Waals surface area contributed by atoms with Crippen LogP contribution < -0.4 is 20.3 Å². The molecule has 2 N–H and O–H groups in total. The van der Waals surface area contributed by atoms with Gasteiger partial charge in [0, 0.05) is 4.47 Å². The first-order valence-electron chi connectivity index (χ1n) is 9.23. The van der Waals surface area contributed by atoms with Gasteiger partial charge < -0.3 is 9.47 Å². The third kappa shape index (κ3) is 6.87. The highest BCUT2D eigenvalue weighted by Crippen LogP contribution is 2.22. The van der Waals surface area contributed by atoms with Crippen molar-refractivity contribution < 1.29 is 19.1 Å². The SMILES string of the molecule is N#Cc1ccc(-c2ccc(OCC(=O)NNC(=O)COc3ccc(Br)cc3)cc2)cc1. The maximum absolute atomic E-state index is 11.9. The van der Waals surface area contributed by atoms with Crippen molar-refractivity contribution in [3.63, 3.8) is 0 Å². The minimum Gasteiger partial charge on any atom is -0.484 e. The molecule has 0 aliphatic carbocycles. The van der Waals surface area contributed by atoms with Gasteiger partial charge in [-0.15, -0.1) is 0 Å². The molecule has 0 heterocycles. The van der Waals surface area contributed by atoms with Crippen molar-refractivity contribution in [2.75, 3.05) is 13.2 Å². The Hall–Kier alpha value is -3.83. The van der Waals surface area contributed by atoms with Crippen molar-refractivity contribution >= 4 is 27.7 Å². The predicted octanol–water partition coefficient (Wildman–Crippen LogP) is 3.59. The van der Waals surface area contributed by atoms with E-state index in [9.17, 15) is 9.59 Å². The Morgan fingerprint density at radius 1 is 0.742 bits per heavy atom. The lowest BCUT2D eigenvalue weighted by Crippen LogP contribution is -2.45. The normalized spacial score (nSPS) is 9.94. The Morgan fingerprint density at radius 3 is 1.61 bits per heavy atom. The molecule has 156 valence electrons. The number of hydrogen-bond donors (Lipinski definition) is 2. The number of halogens is 1. The lowest BCUT2D eigenvalue weighted by Gasteiger charge is -2.10. The average molecular weight is 480 g/mol. The van der Waals surface area contributed by atoms with Crippen LogP contribution in [0.2, 0.25) is 0 Å². The van der Waals surface area contributed by atoms with Gasteiger partial charge in [0.05, 0.1) is 11.6 Å². The number of benzene rings is 3. The van der Waals surface area contributed by atoms with Crippen LogP contribution >= 0.6 is 15.9 Å². The summed E-state index contributed by atoms with van der Waals surface area (Å²) in [5.74, 6) is 0.0473. The van der Waals surface area contributed by atoms with Gasteiger partial charge in [-0.3, -0.25) is 20.4 Å². The number of amides is 2. The van der Waals surface area contributed by atoms with Gasteiger partial charge in [-0.2, -0.15) is 5.26 Å². The largest absolute Gasteiger partial charge is 0.484 e. The lowest BCUT2D eigenvalue weighted by molar-refractivity contribution is -0.131. The maximum Gasteiger partial charge on any atom is 0.276 e. The van der Waals surface area contributed by atoms with Crippen LogP contribution in [0, 0.1) is 11.3 Å². The van der Waals surface area contributed by atoms with Gasteiger partial charge in [0.15, 0.2) is 13.2 Å². The number of carbonyl (C=O) groups is 2. The molecule has 31 heavy (non-hydrogen) atoms. The van der Waals surface area contributed by atoms with Crippen LogP contribution in [0.15, 0.2) is 77.3 Å². The fraction of sp³-hybridized carbons (Fsp3) is 0.0870. The van der Waals surface area contributed by atoms with E-state index in [0.29, 0.717) is 17.1 Å². The molecule has 0 aromatic heterocycles. The molecule has 3 rings (SSSR count). The highest BCUT2D eigenvalue weighted by molar-refractivity contribution is 9.10. The van der Waals surface area contributed by atoms with Crippen molar-refractivity contribution in [1.29, 1.82) is 5.26 Å². The molecular weight excluding hydrogens is 462 g/mol. The van der Waals surface area contributed by atoms with Gasteiger partial charge in [-0.05, 0) is 59.7 Å². The van der Waals surface area contributed by atoms with Gasteiger partial charge >= 0.3 is 0 Å². The van der Waals surface area contributed by atoms with E-state index < -0.39 is 11.8 Å². The summed E-state index contributed by atoms with van der Waals surface area (Å²) in [5, 5.41) is 8.86. The summed E-state index contributed by atoms with van der Waals surface area (Å²) < 4.78 is 11.6. The van der Waals surface area contributed by atoms with E-state index >= 15 is 0 Å². The quantitative estimate of drug-likeness (QED) is 0.504. The molecule has 3 aromatic carbocycles. The summed E-state index contributed by atoms with van der Waals surface area (Å²) in [7, 11) is 0. The van der Waals surface area contributed by atoms with Gasteiger partial charge in [0.25, 0.3) is 11.8 Å². The molecule has 7 nitrogen and oxygen atoms in total. The number of hydrazine groups is 1. The van der Waals surface area contributed by atoms with E-state index in [0.717, 1.165) is 15.6 Å². The zero-order valence-corrected chi connectivity index (χ0v) is 17.9. The second-order valence-corrected chi connectivity index (χ2v) is 7.26. The van der Waals surface area contributed by atoms with Crippen molar-refractivity contribution in [2.24, 2.45) is 0 Å². The molecule has 2 amide bonds. The molecule has 0 saturated carbocycles. The highest BCUT2D eigenvalue weighted by Gasteiger charge is 2.07. The molecule has 0 aliphatic heterocycles. The van der Waals surface area contributed by atoms with Crippen LogP contribution in [0.5, 0.6) is 11.5 Å². The Labute approximate surface area is 187 Å². The molecule has 0 fully saturated rings. The van der Waals surface area contributed by atoms with E-state index in [2.05, 4.69) is 32.9 Å². The summed E-state index contributed by atoms with van der Waals surface area (Å²) >= 11 is 3.31. The lowest BCUT2D eigenvalue weighted by atomic mass is 10.0. The number of nitriles is 1. The topological polar surface area (TPSA) is 100 Å². The average Bonchev–Trinajstić information content (AvgIpc) is 2.81. The highest BCUT2D eigenvalue weighted by atomic mass is 79.9. The van der Waals surface area contributed by atoms with Gasteiger partial charge in [0.1, 0.15) is 11.5 Å². The van der Waals surface area contributed by atoms with Crippen LogP contribution in [-0.4, -0.2) is 25.0 Å². The van der Waals surface area contributed by atoms with Crippen LogP contribution in [0.1, 0.15) is 5.56 Å². The smallest absolute Gasteiger partial charge is 0.276 e. The zero-order valence-electron chi connectivity index (χ0n) is 16.3. The summed E-state index contributed by atoms with van der Waals surface area (Å²) in [6.07, 6.45) is 0. The van der Waals surface area contributed by atoms with E-state index in [-0.39, 0.29) is 13.2 Å².